The summed E-state index contributed by atoms with van der Waals surface area (Å²) in [7, 11) is 0. The Kier molecular flexibility index (Phi) is 9.20. The number of benzene rings is 2. The molecule has 1 fully saturated rings. The predicted octanol–water partition coefficient (Wildman–Crippen LogP) is 7.56. The number of hydrogen-bond donors (Lipinski definition) is 1. The van der Waals surface area contributed by atoms with E-state index in [-0.39, 0.29) is 50.1 Å². The van der Waals surface area contributed by atoms with Crippen LogP contribution in [0.15, 0.2) is 42.5 Å². The fourth-order valence-electron chi connectivity index (χ4n) is 5.00. The van der Waals surface area contributed by atoms with Crippen LogP contribution in [-0.2, 0) is 17.4 Å². The topological polar surface area (TPSA) is 40.5 Å². The Labute approximate surface area is 209 Å². The molecule has 1 aliphatic rings. The molecule has 11 heteroatoms. The van der Waals surface area contributed by atoms with Crippen molar-refractivity contribution in [2.24, 2.45) is 5.92 Å². The minimum atomic E-state index is -4.56. The second kappa shape index (κ2) is 11.8. The van der Waals surface area contributed by atoms with Crippen molar-refractivity contribution in [2.45, 2.75) is 69.4 Å². The molecule has 0 saturated carbocycles. The number of piperidine rings is 1. The van der Waals surface area contributed by atoms with Crippen LogP contribution in [0.1, 0.15) is 61.3 Å². The van der Waals surface area contributed by atoms with Crippen molar-refractivity contribution in [1.82, 2.24) is 4.90 Å². The number of aryl methyl sites for hydroxylation is 1. The molecule has 0 radical (unpaired) electrons. The maximum atomic E-state index is 14.2. The maximum Gasteiger partial charge on any atom is 0.416 e. The average Bonchev–Trinajstić information content (AvgIpc) is 2.79. The standard InChI is InChI=1S/C26H27F8NO2/c27-20-7-3-17(22(28)15-20)4-8-21(9-11-25(29,30)31)35-12-10-16(14-24(36)37)13-23(35)18-1-5-19(6-2-18)26(32,33)34/h1-3,5-7,15-16,21,23H,4,8-14H2,(H,36,37)/t16?,21-,23+/m1/s1. The van der Waals surface area contributed by atoms with Gasteiger partial charge in [-0.25, -0.2) is 8.78 Å². The number of hydrogen-bond acceptors (Lipinski definition) is 2. The first-order valence-corrected chi connectivity index (χ1v) is 11.9. The van der Waals surface area contributed by atoms with Gasteiger partial charge in [0.15, 0.2) is 0 Å². The average molecular weight is 537 g/mol. The maximum absolute atomic E-state index is 14.2. The lowest BCUT2D eigenvalue weighted by Gasteiger charge is -2.44. The Hall–Kier alpha value is -2.69. The quantitative estimate of drug-likeness (QED) is 0.336. The van der Waals surface area contributed by atoms with Crippen LogP contribution in [0.25, 0.3) is 0 Å². The molecule has 0 aromatic heterocycles. The van der Waals surface area contributed by atoms with Gasteiger partial charge in [0, 0.05) is 31.0 Å². The van der Waals surface area contributed by atoms with Gasteiger partial charge >= 0.3 is 18.3 Å². The Morgan fingerprint density at radius 3 is 2.24 bits per heavy atom. The molecule has 3 atom stereocenters. The first-order valence-electron chi connectivity index (χ1n) is 11.9. The number of likely N-dealkylation sites (tertiary alicyclic amines) is 1. The molecular weight excluding hydrogens is 510 g/mol. The summed E-state index contributed by atoms with van der Waals surface area (Å²) in [6.45, 7) is 0.234. The van der Waals surface area contributed by atoms with Crippen molar-refractivity contribution in [3.05, 3.63) is 70.8 Å². The molecule has 1 N–H and O–H groups in total. The van der Waals surface area contributed by atoms with Gasteiger partial charge in [-0.2, -0.15) is 26.3 Å². The fourth-order valence-corrected chi connectivity index (χ4v) is 5.00. The lowest BCUT2D eigenvalue weighted by atomic mass is 9.83. The predicted molar refractivity (Wildman–Crippen MR) is 120 cm³/mol. The van der Waals surface area contributed by atoms with Crippen LogP contribution in [0.2, 0.25) is 0 Å². The van der Waals surface area contributed by atoms with Gasteiger partial charge in [0.05, 0.1) is 5.56 Å². The molecule has 1 saturated heterocycles. The van der Waals surface area contributed by atoms with Gasteiger partial charge in [-0.15, -0.1) is 0 Å². The number of carboxylic acid groups (broad SMARTS) is 1. The number of carbonyl (C=O) groups is 1. The highest BCUT2D eigenvalue weighted by Crippen LogP contribution is 2.40. The van der Waals surface area contributed by atoms with E-state index in [1.807, 2.05) is 0 Å². The molecule has 0 aliphatic carbocycles. The van der Waals surface area contributed by atoms with Gasteiger partial charge in [-0.1, -0.05) is 18.2 Å². The van der Waals surface area contributed by atoms with Crippen molar-refractivity contribution >= 4 is 5.97 Å². The highest BCUT2D eigenvalue weighted by Gasteiger charge is 2.37. The zero-order valence-corrected chi connectivity index (χ0v) is 19.8. The Bertz CT molecular complexity index is 1050. The molecule has 1 heterocycles. The van der Waals surface area contributed by atoms with E-state index < -0.39 is 54.0 Å². The van der Waals surface area contributed by atoms with Crippen LogP contribution in [0.4, 0.5) is 35.1 Å². The summed E-state index contributed by atoms with van der Waals surface area (Å²) < 4.78 is 106. The third-order valence-corrected chi connectivity index (χ3v) is 6.83. The molecule has 2 aromatic rings. The van der Waals surface area contributed by atoms with Crippen LogP contribution < -0.4 is 0 Å². The first-order chi connectivity index (χ1) is 17.2. The van der Waals surface area contributed by atoms with Crippen molar-refractivity contribution in [2.75, 3.05) is 6.54 Å². The van der Waals surface area contributed by atoms with Crippen molar-refractivity contribution < 1.29 is 45.0 Å². The molecular formula is C26H27F8NO2. The summed E-state index contributed by atoms with van der Waals surface area (Å²) in [5.41, 5.74) is -0.292. The van der Waals surface area contributed by atoms with Crippen LogP contribution in [0.3, 0.4) is 0 Å². The monoisotopic (exact) mass is 537 g/mol. The van der Waals surface area contributed by atoms with E-state index in [9.17, 15) is 45.0 Å². The van der Waals surface area contributed by atoms with E-state index in [0.29, 0.717) is 18.1 Å². The Morgan fingerprint density at radius 2 is 1.68 bits per heavy atom. The van der Waals surface area contributed by atoms with E-state index in [4.69, 9.17) is 0 Å². The molecule has 1 unspecified atom stereocenters. The molecule has 204 valence electrons. The fraction of sp³-hybridized carbons (Fsp3) is 0.500. The molecule has 37 heavy (non-hydrogen) atoms. The second-order valence-corrected chi connectivity index (χ2v) is 9.44. The smallest absolute Gasteiger partial charge is 0.416 e. The SMILES string of the molecule is O=C(O)CC1CCN([C@H](CCc2ccc(F)cc2F)CCC(F)(F)F)[C@H](c2ccc(C(F)(F)F)cc2)C1. The molecule has 2 aromatic carbocycles. The van der Waals surface area contributed by atoms with E-state index in [0.717, 1.165) is 18.2 Å². The molecule has 0 spiro atoms. The Morgan fingerprint density at radius 1 is 1.00 bits per heavy atom. The summed E-state index contributed by atoms with van der Waals surface area (Å²) in [5.74, 6) is -2.93. The molecule has 3 rings (SSSR count). The molecule has 3 nitrogen and oxygen atoms in total. The van der Waals surface area contributed by atoms with E-state index >= 15 is 0 Å². The van der Waals surface area contributed by atoms with Gasteiger partial charge in [-0.05, 0) is 73.9 Å². The first kappa shape index (κ1) is 28.9. The number of halogens is 8. The minimum Gasteiger partial charge on any atom is -0.481 e. The van der Waals surface area contributed by atoms with E-state index in [2.05, 4.69) is 0 Å². The molecule has 0 amide bonds. The van der Waals surface area contributed by atoms with Gasteiger partial charge in [0.25, 0.3) is 0 Å². The summed E-state index contributed by atoms with van der Waals surface area (Å²) >= 11 is 0. The van der Waals surface area contributed by atoms with Gasteiger partial charge in [-0.3, -0.25) is 9.69 Å². The number of aliphatic carboxylic acids is 1. The highest BCUT2D eigenvalue weighted by molar-refractivity contribution is 5.67. The van der Waals surface area contributed by atoms with Crippen LogP contribution in [-0.4, -0.2) is 34.7 Å². The normalized spacial score (nSPS) is 20.1. The summed E-state index contributed by atoms with van der Waals surface area (Å²) in [6.07, 6.45) is -9.87. The zero-order valence-electron chi connectivity index (χ0n) is 19.8. The number of nitrogens with zero attached hydrogens (tertiary/aromatic N) is 1. The van der Waals surface area contributed by atoms with Gasteiger partial charge < -0.3 is 5.11 Å². The van der Waals surface area contributed by atoms with Crippen molar-refractivity contribution in [1.29, 1.82) is 0 Å². The lowest BCUT2D eigenvalue weighted by molar-refractivity contribution is -0.141. The van der Waals surface area contributed by atoms with Crippen LogP contribution in [0.5, 0.6) is 0 Å². The summed E-state index contributed by atoms with van der Waals surface area (Å²) in [4.78, 5) is 13.1. The van der Waals surface area contributed by atoms with Crippen molar-refractivity contribution in [3.63, 3.8) is 0 Å². The third-order valence-electron chi connectivity index (χ3n) is 6.83. The number of carboxylic acids is 1. The Balaban J connectivity index is 1.90. The van der Waals surface area contributed by atoms with E-state index in [1.165, 1.54) is 18.2 Å². The van der Waals surface area contributed by atoms with E-state index in [1.54, 1.807) is 4.90 Å². The van der Waals surface area contributed by atoms with Gasteiger partial charge in [0.2, 0.25) is 0 Å². The number of rotatable bonds is 9. The lowest BCUT2D eigenvalue weighted by Crippen LogP contribution is -2.44. The zero-order chi connectivity index (χ0) is 27.4. The van der Waals surface area contributed by atoms with Crippen LogP contribution in [0, 0.1) is 17.6 Å². The second-order valence-electron chi connectivity index (χ2n) is 9.44. The minimum absolute atomic E-state index is 0.0312. The van der Waals surface area contributed by atoms with Crippen molar-refractivity contribution in [3.8, 4) is 0 Å². The molecule has 1 aliphatic heterocycles. The van der Waals surface area contributed by atoms with Crippen LogP contribution >= 0.6 is 0 Å². The largest absolute Gasteiger partial charge is 0.481 e. The highest BCUT2D eigenvalue weighted by atomic mass is 19.4. The van der Waals surface area contributed by atoms with Gasteiger partial charge in [0.1, 0.15) is 11.6 Å². The molecule has 0 bridgehead atoms. The summed E-state index contributed by atoms with van der Waals surface area (Å²) in [5, 5.41) is 9.23. The summed E-state index contributed by atoms with van der Waals surface area (Å²) in [6, 6.07) is 5.99. The third kappa shape index (κ3) is 8.41. The number of alkyl halides is 6.